The van der Waals surface area contributed by atoms with E-state index in [1.54, 1.807) is 18.2 Å². The number of nitrogens with zero attached hydrogens (tertiary/aromatic N) is 1. The molecule has 22 heavy (non-hydrogen) atoms. The second-order valence-corrected chi connectivity index (χ2v) is 4.93. The quantitative estimate of drug-likeness (QED) is 0.793. The molecule has 1 aromatic heterocycles. The van der Waals surface area contributed by atoms with Gasteiger partial charge in [0.2, 0.25) is 0 Å². The summed E-state index contributed by atoms with van der Waals surface area (Å²) in [6.07, 6.45) is 1.44. The predicted molar refractivity (Wildman–Crippen MR) is 84.1 cm³/mol. The van der Waals surface area contributed by atoms with Gasteiger partial charge in [0.25, 0.3) is 11.8 Å². The summed E-state index contributed by atoms with van der Waals surface area (Å²) >= 11 is 0. The van der Waals surface area contributed by atoms with Crippen LogP contribution in [0.1, 0.15) is 20.9 Å². The van der Waals surface area contributed by atoms with Crippen LogP contribution in [-0.2, 0) is 0 Å². The van der Waals surface area contributed by atoms with E-state index >= 15 is 0 Å². The number of hydrogen-bond donors (Lipinski definition) is 2. The number of benzene rings is 1. The lowest BCUT2D eigenvalue weighted by Gasteiger charge is -2.13. The van der Waals surface area contributed by atoms with Gasteiger partial charge in [-0.05, 0) is 30.3 Å². The minimum absolute atomic E-state index is 0.170. The zero-order valence-electron chi connectivity index (χ0n) is 12.6. The van der Waals surface area contributed by atoms with Crippen molar-refractivity contribution in [2.75, 3.05) is 32.1 Å². The van der Waals surface area contributed by atoms with Crippen LogP contribution in [0.15, 0.2) is 47.1 Å². The molecular formula is C16H19N3O3. The summed E-state index contributed by atoms with van der Waals surface area (Å²) in [5, 5.41) is 5.43. The van der Waals surface area contributed by atoms with Crippen LogP contribution in [0.2, 0.25) is 0 Å². The van der Waals surface area contributed by atoms with Crippen LogP contribution < -0.4 is 15.5 Å². The molecular weight excluding hydrogens is 282 g/mol. The molecule has 6 heteroatoms. The topological polar surface area (TPSA) is 74.6 Å². The van der Waals surface area contributed by atoms with Gasteiger partial charge in [0, 0.05) is 38.4 Å². The Hall–Kier alpha value is -2.76. The highest BCUT2D eigenvalue weighted by molar-refractivity contribution is 5.95. The summed E-state index contributed by atoms with van der Waals surface area (Å²) in [4.78, 5) is 25.6. The lowest BCUT2D eigenvalue weighted by atomic mass is 10.2. The fraction of sp³-hybridized carbons (Fsp3) is 0.250. The second kappa shape index (κ2) is 7.31. The molecule has 0 saturated carbocycles. The molecule has 2 rings (SSSR count). The molecule has 0 aliphatic rings. The van der Waals surface area contributed by atoms with Crippen molar-refractivity contribution in [3.8, 4) is 0 Å². The van der Waals surface area contributed by atoms with E-state index < -0.39 is 0 Å². The number of rotatable bonds is 6. The summed E-state index contributed by atoms with van der Waals surface area (Å²) in [6, 6.07) is 10.6. The van der Waals surface area contributed by atoms with E-state index in [1.807, 2.05) is 37.2 Å². The predicted octanol–water partition coefficient (Wildman–Crippen LogP) is 1.51. The van der Waals surface area contributed by atoms with Crippen LogP contribution in [0, 0.1) is 0 Å². The molecule has 116 valence electrons. The Morgan fingerprint density at radius 1 is 1.05 bits per heavy atom. The van der Waals surface area contributed by atoms with Gasteiger partial charge in [0.05, 0.1) is 6.26 Å². The van der Waals surface area contributed by atoms with E-state index in [0.717, 1.165) is 5.69 Å². The molecule has 0 spiro atoms. The Balaban J connectivity index is 1.78. The summed E-state index contributed by atoms with van der Waals surface area (Å²) < 4.78 is 4.97. The lowest BCUT2D eigenvalue weighted by Crippen LogP contribution is -2.34. The minimum Gasteiger partial charge on any atom is -0.459 e. The molecule has 0 saturated heterocycles. The molecule has 0 radical (unpaired) electrons. The highest BCUT2D eigenvalue weighted by Crippen LogP contribution is 2.13. The molecule has 1 aromatic carbocycles. The normalized spacial score (nSPS) is 10.1. The van der Waals surface area contributed by atoms with Crippen LogP contribution in [0.25, 0.3) is 0 Å². The molecule has 0 aliphatic heterocycles. The van der Waals surface area contributed by atoms with Crippen LogP contribution >= 0.6 is 0 Å². The van der Waals surface area contributed by atoms with Gasteiger partial charge in [0.1, 0.15) is 0 Å². The molecule has 0 unspecified atom stereocenters. The highest BCUT2D eigenvalue weighted by atomic mass is 16.3. The Labute approximate surface area is 129 Å². The van der Waals surface area contributed by atoms with Crippen LogP contribution in [-0.4, -0.2) is 39.0 Å². The first-order valence-corrected chi connectivity index (χ1v) is 6.95. The largest absolute Gasteiger partial charge is 0.459 e. The lowest BCUT2D eigenvalue weighted by molar-refractivity contribution is 0.0910. The van der Waals surface area contributed by atoms with Gasteiger partial charge in [-0.3, -0.25) is 9.59 Å². The van der Waals surface area contributed by atoms with Crippen molar-refractivity contribution in [1.29, 1.82) is 0 Å². The Morgan fingerprint density at radius 2 is 1.77 bits per heavy atom. The minimum atomic E-state index is -0.297. The third-order valence-corrected chi connectivity index (χ3v) is 3.07. The van der Waals surface area contributed by atoms with Crippen molar-refractivity contribution < 1.29 is 14.0 Å². The summed E-state index contributed by atoms with van der Waals surface area (Å²) in [5.41, 5.74) is 1.54. The van der Waals surface area contributed by atoms with Crippen LogP contribution in [0.5, 0.6) is 0 Å². The summed E-state index contributed by atoms with van der Waals surface area (Å²) in [5.74, 6) is -0.213. The molecule has 2 amide bonds. The van der Waals surface area contributed by atoms with Crippen LogP contribution in [0.4, 0.5) is 5.69 Å². The first-order valence-electron chi connectivity index (χ1n) is 6.95. The van der Waals surface area contributed by atoms with Gasteiger partial charge in [0.15, 0.2) is 5.76 Å². The maximum absolute atomic E-state index is 12.0. The average Bonchev–Trinajstić information content (AvgIpc) is 3.05. The maximum atomic E-state index is 12.0. The summed E-state index contributed by atoms with van der Waals surface area (Å²) in [6.45, 7) is 0.677. The van der Waals surface area contributed by atoms with Gasteiger partial charge >= 0.3 is 0 Å². The maximum Gasteiger partial charge on any atom is 0.287 e. The average molecular weight is 301 g/mol. The standard InChI is InChI=1S/C16H19N3O3/c1-19(2)13-6-3-5-12(11-13)15(20)17-8-9-18-16(21)14-7-4-10-22-14/h3-7,10-11H,8-9H2,1-2H3,(H,17,20)(H,18,21). The Morgan fingerprint density at radius 3 is 2.41 bits per heavy atom. The van der Waals surface area contributed by atoms with Gasteiger partial charge < -0.3 is 20.0 Å². The van der Waals surface area contributed by atoms with Gasteiger partial charge in [-0.1, -0.05) is 6.07 Å². The van der Waals surface area contributed by atoms with Crippen molar-refractivity contribution in [2.24, 2.45) is 0 Å². The van der Waals surface area contributed by atoms with E-state index in [9.17, 15) is 9.59 Å². The molecule has 0 fully saturated rings. The zero-order chi connectivity index (χ0) is 15.9. The first kappa shape index (κ1) is 15.6. The smallest absolute Gasteiger partial charge is 0.287 e. The van der Waals surface area contributed by atoms with Gasteiger partial charge in [-0.2, -0.15) is 0 Å². The Kier molecular flexibility index (Phi) is 5.19. The number of anilines is 1. The number of carbonyl (C=O) groups excluding carboxylic acids is 2. The van der Waals surface area contributed by atoms with Crippen LogP contribution in [0.3, 0.4) is 0 Å². The third kappa shape index (κ3) is 4.12. The van der Waals surface area contributed by atoms with Crippen molar-refractivity contribution in [1.82, 2.24) is 10.6 Å². The monoisotopic (exact) mass is 301 g/mol. The number of amides is 2. The highest BCUT2D eigenvalue weighted by Gasteiger charge is 2.09. The van der Waals surface area contributed by atoms with E-state index in [4.69, 9.17) is 4.42 Å². The molecule has 1 heterocycles. The molecule has 2 aromatic rings. The van der Waals surface area contributed by atoms with Gasteiger partial charge in [-0.15, -0.1) is 0 Å². The molecule has 0 aliphatic carbocycles. The van der Waals surface area contributed by atoms with E-state index in [0.29, 0.717) is 18.7 Å². The zero-order valence-corrected chi connectivity index (χ0v) is 12.6. The first-order chi connectivity index (χ1) is 10.6. The van der Waals surface area contributed by atoms with E-state index in [-0.39, 0.29) is 17.6 Å². The second-order valence-electron chi connectivity index (χ2n) is 4.93. The molecule has 0 bridgehead atoms. The molecule has 0 atom stereocenters. The van der Waals surface area contributed by atoms with Crippen molar-refractivity contribution in [3.05, 3.63) is 54.0 Å². The fourth-order valence-electron chi connectivity index (χ4n) is 1.87. The van der Waals surface area contributed by atoms with E-state index in [1.165, 1.54) is 6.26 Å². The van der Waals surface area contributed by atoms with Crippen molar-refractivity contribution >= 4 is 17.5 Å². The van der Waals surface area contributed by atoms with Gasteiger partial charge in [-0.25, -0.2) is 0 Å². The number of carbonyl (C=O) groups is 2. The number of furan rings is 1. The van der Waals surface area contributed by atoms with Crippen molar-refractivity contribution in [2.45, 2.75) is 0 Å². The third-order valence-electron chi connectivity index (χ3n) is 3.07. The summed E-state index contributed by atoms with van der Waals surface area (Å²) in [7, 11) is 3.84. The molecule has 2 N–H and O–H groups in total. The van der Waals surface area contributed by atoms with Crippen molar-refractivity contribution in [3.63, 3.8) is 0 Å². The van der Waals surface area contributed by atoms with E-state index in [2.05, 4.69) is 10.6 Å². The number of nitrogens with one attached hydrogen (secondary N) is 2. The number of hydrogen-bond acceptors (Lipinski definition) is 4. The fourth-order valence-corrected chi connectivity index (χ4v) is 1.87. The Bertz CT molecular complexity index is 636. The SMILES string of the molecule is CN(C)c1cccc(C(=O)NCCNC(=O)c2ccco2)c1. The molecule has 6 nitrogen and oxygen atoms in total.